The van der Waals surface area contributed by atoms with Crippen molar-refractivity contribution in [1.29, 1.82) is 0 Å². The van der Waals surface area contributed by atoms with Gasteiger partial charge < -0.3 is 5.32 Å². The molecule has 1 aromatic rings. The average Bonchev–Trinajstić information content (AvgIpc) is 2.94. The third kappa shape index (κ3) is 3.38. The monoisotopic (exact) mass is 326 g/mol. The van der Waals surface area contributed by atoms with Crippen LogP contribution in [0.15, 0.2) is 23.1 Å². The van der Waals surface area contributed by atoms with Gasteiger partial charge in [-0.1, -0.05) is 6.42 Å². The number of sulfonamides is 1. The van der Waals surface area contributed by atoms with Crippen LogP contribution < -0.4 is 10.0 Å². The molecular formula is C15H22N2O2S2. The van der Waals surface area contributed by atoms with Crippen molar-refractivity contribution in [3.63, 3.8) is 0 Å². The van der Waals surface area contributed by atoms with Crippen LogP contribution in [0.1, 0.15) is 31.2 Å². The summed E-state index contributed by atoms with van der Waals surface area (Å²) < 4.78 is 28.0. The molecule has 116 valence electrons. The molecule has 1 fully saturated rings. The molecule has 1 aliphatic carbocycles. The molecule has 6 heteroatoms. The van der Waals surface area contributed by atoms with Gasteiger partial charge in [-0.3, -0.25) is 0 Å². The van der Waals surface area contributed by atoms with Crippen molar-refractivity contribution >= 4 is 27.5 Å². The van der Waals surface area contributed by atoms with E-state index in [1.807, 2.05) is 23.9 Å². The van der Waals surface area contributed by atoms with Gasteiger partial charge in [0.05, 0.1) is 4.90 Å². The molecule has 0 saturated heterocycles. The molecule has 4 nitrogen and oxygen atoms in total. The summed E-state index contributed by atoms with van der Waals surface area (Å²) in [4.78, 5) is 0.399. The minimum Gasteiger partial charge on any atom is -0.384 e. The van der Waals surface area contributed by atoms with Crippen molar-refractivity contribution in [2.45, 2.75) is 48.3 Å². The van der Waals surface area contributed by atoms with Crippen LogP contribution >= 0.6 is 11.8 Å². The van der Waals surface area contributed by atoms with Gasteiger partial charge in [-0.05, 0) is 55.7 Å². The summed E-state index contributed by atoms with van der Waals surface area (Å²) in [7, 11) is -3.40. The van der Waals surface area contributed by atoms with Gasteiger partial charge in [0.1, 0.15) is 0 Å². The molecule has 2 N–H and O–H groups in total. The highest BCUT2D eigenvalue weighted by molar-refractivity contribution is 7.99. The minimum absolute atomic E-state index is 0.0765. The summed E-state index contributed by atoms with van der Waals surface area (Å²) in [5, 5.41) is 3.83. The number of hydrogen-bond acceptors (Lipinski definition) is 4. The van der Waals surface area contributed by atoms with Crippen LogP contribution in [0.5, 0.6) is 0 Å². The van der Waals surface area contributed by atoms with Crippen LogP contribution in [0, 0.1) is 0 Å². The molecule has 2 unspecified atom stereocenters. The SMILES string of the molecule is CSC1CCCC(NS(=O)(=O)c2ccc3c(c2)CCN3)C1. The van der Waals surface area contributed by atoms with E-state index in [2.05, 4.69) is 16.3 Å². The summed E-state index contributed by atoms with van der Waals surface area (Å²) in [6, 6.07) is 5.47. The Morgan fingerprint density at radius 2 is 2.19 bits per heavy atom. The van der Waals surface area contributed by atoms with E-state index in [-0.39, 0.29) is 6.04 Å². The Morgan fingerprint density at radius 3 is 3.00 bits per heavy atom. The zero-order valence-corrected chi connectivity index (χ0v) is 13.9. The molecule has 3 rings (SSSR count). The van der Waals surface area contributed by atoms with Gasteiger partial charge in [-0.2, -0.15) is 11.8 Å². The summed E-state index contributed by atoms with van der Waals surface area (Å²) in [6.07, 6.45) is 7.19. The van der Waals surface area contributed by atoms with Gasteiger partial charge in [0, 0.05) is 23.5 Å². The second kappa shape index (κ2) is 6.18. The first-order valence-corrected chi connectivity index (χ1v) is 10.3. The van der Waals surface area contributed by atoms with E-state index < -0.39 is 10.0 Å². The van der Waals surface area contributed by atoms with Crippen molar-refractivity contribution in [1.82, 2.24) is 4.72 Å². The molecule has 0 bridgehead atoms. The van der Waals surface area contributed by atoms with Gasteiger partial charge in [0.15, 0.2) is 0 Å². The first-order chi connectivity index (χ1) is 10.1. The number of hydrogen-bond donors (Lipinski definition) is 2. The molecule has 2 aliphatic rings. The number of anilines is 1. The van der Waals surface area contributed by atoms with Crippen LogP contribution in [-0.2, 0) is 16.4 Å². The van der Waals surface area contributed by atoms with Crippen LogP contribution in [0.4, 0.5) is 5.69 Å². The van der Waals surface area contributed by atoms with E-state index in [9.17, 15) is 8.42 Å². The van der Waals surface area contributed by atoms with Crippen molar-refractivity contribution in [2.75, 3.05) is 18.1 Å². The molecule has 21 heavy (non-hydrogen) atoms. The molecule has 0 aromatic heterocycles. The van der Waals surface area contributed by atoms with E-state index >= 15 is 0 Å². The number of nitrogens with one attached hydrogen (secondary N) is 2. The third-order valence-corrected chi connectivity index (χ3v) is 6.99. The Morgan fingerprint density at radius 1 is 1.33 bits per heavy atom. The Bertz CT molecular complexity index is 616. The van der Waals surface area contributed by atoms with Crippen LogP contribution in [0.25, 0.3) is 0 Å². The lowest BCUT2D eigenvalue weighted by molar-refractivity contribution is 0.421. The average molecular weight is 326 g/mol. The standard InChI is InChI=1S/C15H22N2O2S2/c1-20-13-4-2-3-12(10-13)17-21(18,19)14-5-6-15-11(9-14)7-8-16-15/h5-6,9,12-13,16-17H,2-4,7-8,10H2,1H3. The second-order valence-corrected chi connectivity index (χ2v) is 8.69. The predicted octanol–water partition coefficient (Wildman–Crippen LogP) is 2.61. The Hall–Kier alpha value is -0.720. The van der Waals surface area contributed by atoms with Gasteiger partial charge in [-0.15, -0.1) is 0 Å². The molecule has 0 radical (unpaired) electrons. The summed E-state index contributed by atoms with van der Waals surface area (Å²) in [5.74, 6) is 0. The van der Waals surface area contributed by atoms with E-state index in [0.29, 0.717) is 10.1 Å². The lowest BCUT2D eigenvalue weighted by Gasteiger charge is -2.28. The van der Waals surface area contributed by atoms with Crippen molar-refractivity contribution in [2.24, 2.45) is 0 Å². The van der Waals surface area contributed by atoms with E-state index in [0.717, 1.165) is 43.5 Å². The smallest absolute Gasteiger partial charge is 0.240 e. The highest BCUT2D eigenvalue weighted by Crippen LogP contribution is 2.29. The lowest BCUT2D eigenvalue weighted by atomic mass is 9.96. The normalized spacial score (nSPS) is 25.4. The largest absolute Gasteiger partial charge is 0.384 e. The fourth-order valence-corrected chi connectivity index (χ4v) is 5.36. The second-order valence-electron chi connectivity index (χ2n) is 5.84. The molecule has 0 amide bonds. The zero-order chi connectivity index (χ0) is 14.9. The Labute approximate surface area is 131 Å². The van der Waals surface area contributed by atoms with E-state index in [1.165, 1.54) is 6.42 Å². The molecule has 1 heterocycles. The highest BCUT2D eigenvalue weighted by Gasteiger charge is 2.26. The maximum absolute atomic E-state index is 12.6. The van der Waals surface area contributed by atoms with Gasteiger partial charge >= 0.3 is 0 Å². The maximum atomic E-state index is 12.6. The zero-order valence-electron chi connectivity index (χ0n) is 12.3. The van der Waals surface area contributed by atoms with Crippen LogP contribution in [0.2, 0.25) is 0 Å². The number of rotatable bonds is 4. The quantitative estimate of drug-likeness (QED) is 0.893. The van der Waals surface area contributed by atoms with E-state index in [4.69, 9.17) is 0 Å². The van der Waals surface area contributed by atoms with Crippen molar-refractivity contribution in [3.05, 3.63) is 23.8 Å². The number of benzene rings is 1. The first-order valence-electron chi connectivity index (χ1n) is 7.50. The molecule has 0 spiro atoms. The number of thioether (sulfide) groups is 1. The number of fused-ring (bicyclic) bond motifs is 1. The van der Waals surface area contributed by atoms with Crippen molar-refractivity contribution in [3.8, 4) is 0 Å². The van der Waals surface area contributed by atoms with Gasteiger partial charge in [-0.25, -0.2) is 13.1 Å². The van der Waals surface area contributed by atoms with Crippen LogP contribution in [0.3, 0.4) is 0 Å². The van der Waals surface area contributed by atoms with Crippen LogP contribution in [-0.4, -0.2) is 32.5 Å². The van der Waals surface area contributed by atoms with E-state index in [1.54, 1.807) is 6.07 Å². The first kappa shape index (κ1) is 15.2. The minimum atomic E-state index is -3.40. The Kier molecular flexibility index (Phi) is 4.47. The third-order valence-electron chi connectivity index (χ3n) is 4.38. The topological polar surface area (TPSA) is 58.2 Å². The summed E-state index contributed by atoms with van der Waals surface area (Å²) >= 11 is 1.84. The molecule has 2 atom stereocenters. The molecule has 1 saturated carbocycles. The molecule has 1 aromatic carbocycles. The lowest BCUT2D eigenvalue weighted by Crippen LogP contribution is -2.39. The molecule has 1 aliphatic heterocycles. The van der Waals surface area contributed by atoms with Gasteiger partial charge in [0.2, 0.25) is 10.0 Å². The Balaban J connectivity index is 1.74. The summed E-state index contributed by atoms with van der Waals surface area (Å²) in [6.45, 7) is 0.893. The summed E-state index contributed by atoms with van der Waals surface area (Å²) in [5.41, 5.74) is 2.16. The maximum Gasteiger partial charge on any atom is 0.240 e. The highest BCUT2D eigenvalue weighted by atomic mass is 32.2. The predicted molar refractivity (Wildman–Crippen MR) is 88.5 cm³/mol. The fraction of sp³-hybridized carbons (Fsp3) is 0.600. The van der Waals surface area contributed by atoms with Gasteiger partial charge in [0.25, 0.3) is 0 Å². The molecular weight excluding hydrogens is 304 g/mol. The van der Waals surface area contributed by atoms with Crippen molar-refractivity contribution < 1.29 is 8.42 Å². The fourth-order valence-electron chi connectivity index (χ4n) is 3.20.